The van der Waals surface area contributed by atoms with Gasteiger partial charge < -0.3 is 11.1 Å². The molecule has 3 N–H and O–H groups in total. The number of hydrogen-bond donors (Lipinski definition) is 2. The Morgan fingerprint density at radius 3 is 2.80 bits per heavy atom. The van der Waals surface area contributed by atoms with Crippen molar-refractivity contribution in [1.82, 2.24) is 4.98 Å². The number of nitrogens with two attached hydrogens (primary N) is 1. The van der Waals surface area contributed by atoms with E-state index in [-0.39, 0.29) is 11.7 Å². The summed E-state index contributed by atoms with van der Waals surface area (Å²) >= 11 is 1.15. The van der Waals surface area contributed by atoms with Crippen LogP contribution in [0.15, 0.2) is 6.20 Å². The highest BCUT2D eigenvalue weighted by Crippen LogP contribution is 2.18. The molecule has 15 heavy (non-hydrogen) atoms. The number of rotatable bonds is 4. The predicted octanol–water partition coefficient (Wildman–Crippen LogP) is 1.02. The zero-order chi connectivity index (χ0) is 11.4. The molecular weight excluding hydrogens is 214 g/mol. The lowest BCUT2D eigenvalue weighted by atomic mass is 10.2. The van der Waals surface area contributed by atoms with Crippen molar-refractivity contribution >= 4 is 28.2 Å². The van der Waals surface area contributed by atoms with E-state index < -0.39 is 6.04 Å². The van der Waals surface area contributed by atoms with Gasteiger partial charge in [0.05, 0.1) is 17.1 Å². The zero-order valence-corrected chi connectivity index (χ0v) is 9.43. The van der Waals surface area contributed by atoms with Crippen LogP contribution < -0.4 is 11.1 Å². The molecule has 0 unspecified atom stereocenters. The second-order valence-electron chi connectivity index (χ2n) is 3.09. The summed E-state index contributed by atoms with van der Waals surface area (Å²) in [5.41, 5.74) is 5.53. The molecule has 1 aromatic rings. The van der Waals surface area contributed by atoms with Gasteiger partial charge in [-0.3, -0.25) is 9.59 Å². The first-order chi connectivity index (χ1) is 7.04. The van der Waals surface area contributed by atoms with Crippen LogP contribution in [0.2, 0.25) is 0 Å². The standard InChI is InChI=1S/C9H13N3O2S/c1-3-6(10)8(14)12-9-11-4-7(15-9)5(2)13/h4,6H,3,10H2,1-2H3,(H,11,12,14)/t6-/m0/s1. The Bertz CT molecular complexity index is 375. The SMILES string of the molecule is CC[C@H](N)C(=O)Nc1ncc(C(C)=O)s1. The number of nitrogens with zero attached hydrogens (tertiary/aromatic N) is 1. The Hall–Kier alpha value is -1.27. The first-order valence-electron chi connectivity index (χ1n) is 4.57. The van der Waals surface area contributed by atoms with Crippen LogP contribution in [0.25, 0.3) is 0 Å². The highest BCUT2D eigenvalue weighted by Gasteiger charge is 2.13. The fraction of sp³-hybridized carbons (Fsp3) is 0.444. The van der Waals surface area contributed by atoms with Crippen LogP contribution in [0, 0.1) is 0 Å². The van der Waals surface area contributed by atoms with Crippen LogP contribution in [-0.2, 0) is 4.79 Å². The van der Waals surface area contributed by atoms with Crippen molar-refractivity contribution in [2.24, 2.45) is 5.73 Å². The van der Waals surface area contributed by atoms with E-state index in [0.29, 0.717) is 16.4 Å². The summed E-state index contributed by atoms with van der Waals surface area (Å²) in [6.45, 7) is 3.28. The van der Waals surface area contributed by atoms with E-state index in [0.717, 1.165) is 11.3 Å². The molecule has 0 aliphatic carbocycles. The summed E-state index contributed by atoms with van der Waals surface area (Å²) in [5.74, 6) is -0.338. The van der Waals surface area contributed by atoms with Crippen molar-refractivity contribution in [2.75, 3.05) is 5.32 Å². The number of thiazole rings is 1. The number of carbonyl (C=O) groups excluding carboxylic acids is 2. The van der Waals surface area contributed by atoms with E-state index >= 15 is 0 Å². The summed E-state index contributed by atoms with van der Waals surface area (Å²) in [5, 5.41) is 2.97. The number of Topliss-reactive ketones (excluding diaryl/α,β-unsaturated/α-hetero) is 1. The molecule has 1 amide bonds. The van der Waals surface area contributed by atoms with Gasteiger partial charge in [-0.25, -0.2) is 4.98 Å². The maximum absolute atomic E-state index is 11.4. The molecule has 0 saturated carbocycles. The molecule has 0 aromatic carbocycles. The molecular formula is C9H13N3O2S. The average Bonchev–Trinajstić information content (AvgIpc) is 2.65. The quantitative estimate of drug-likeness (QED) is 0.752. The lowest BCUT2D eigenvalue weighted by Crippen LogP contribution is -2.34. The molecule has 6 heteroatoms. The predicted molar refractivity (Wildman–Crippen MR) is 59.0 cm³/mol. The number of amides is 1. The van der Waals surface area contributed by atoms with Crippen LogP contribution in [-0.4, -0.2) is 22.7 Å². The van der Waals surface area contributed by atoms with E-state index in [1.54, 1.807) is 0 Å². The molecule has 1 aromatic heterocycles. The van der Waals surface area contributed by atoms with E-state index in [1.165, 1.54) is 13.1 Å². The van der Waals surface area contributed by atoms with Gasteiger partial charge in [0.15, 0.2) is 10.9 Å². The summed E-state index contributed by atoms with van der Waals surface area (Å²) in [6.07, 6.45) is 2.01. The van der Waals surface area contributed by atoms with Gasteiger partial charge in [-0.1, -0.05) is 18.3 Å². The highest BCUT2D eigenvalue weighted by molar-refractivity contribution is 7.17. The molecule has 0 bridgehead atoms. The van der Waals surface area contributed by atoms with Gasteiger partial charge in [0, 0.05) is 6.92 Å². The monoisotopic (exact) mass is 227 g/mol. The number of aromatic nitrogens is 1. The summed E-state index contributed by atoms with van der Waals surface area (Å²) in [4.78, 5) is 26.8. The maximum Gasteiger partial charge on any atom is 0.243 e. The summed E-state index contributed by atoms with van der Waals surface area (Å²) < 4.78 is 0. The van der Waals surface area contributed by atoms with E-state index in [9.17, 15) is 9.59 Å². The Morgan fingerprint density at radius 1 is 1.67 bits per heavy atom. The van der Waals surface area contributed by atoms with Crippen molar-refractivity contribution in [3.63, 3.8) is 0 Å². The third kappa shape index (κ3) is 3.10. The normalized spacial score (nSPS) is 12.2. The van der Waals surface area contributed by atoms with Crippen LogP contribution >= 0.6 is 11.3 Å². The lowest BCUT2D eigenvalue weighted by molar-refractivity contribution is -0.117. The molecule has 82 valence electrons. The third-order valence-corrected chi connectivity index (χ3v) is 2.87. The fourth-order valence-electron chi connectivity index (χ4n) is 0.878. The molecule has 1 heterocycles. The maximum atomic E-state index is 11.4. The van der Waals surface area contributed by atoms with E-state index in [1.807, 2.05) is 6.92 Å². The molecule has 0 aliphatic rings. The average molecular weight is 227 g/mol. The molecule has 0 saturated heterocycles. The van der Waals surface area contributed by atoms with Gasteiger partial charge in [-0.2, -0.15) is 0 Å². The molecule has 0 spiro atoms. The molecule has 0 aliphatic heterocycles. The van der Waals surface area contributed by atoms with Gasteiger partial charge in [0.2, 0.25) is 5.91 Å². The fourth-order valence-corrected chi connectivity index (χ4v) is 1.59. The minimum Gasteiger partial charge on any atom is -0.320 e. The van der Waals surface area contributed by atoms with Crippen molar-refractivity contribution in [3.05, 3.63) is 11.1 Å². The van der Waals surface area contributed by atoms with Gasteiger partial charge in [-0.15, -0.1) is 0 Å². The molecule has 1 atom stereocenters. The first kappa shape index (κ1) is 11.8. The number of ketones is 1. The summed E-state index contributed by atoms with van der Waals surface area (Å²) in [7, 11) is 0. The Labute approximate surface area is 91.7 Å². The summed E-state index contributed by atoms with van der Waals surface area (Å²) in [6, 6.07) is -0.533. The molecule has 1 rings (SSSR count). The molecule has 5 nitrogen and oxygen atoms in total. The topological polar surface area (TPSA) is 85.1 Å². The lowest BCUT2D eigenvalue weighted by Gasteiger charge is -2.06. The van der Waals surface area contributed by atoms with Crippen molar-refractivity contribution in [2.45, 2.75) is 26.3 Å². The highest BCUT2D eigenvalue weighted by atomic mass is 32.1. The number of nitrogens with one attached hydrogen (secondary N) is 1. The second kappa shape index (κ2) is 4.99. The zero-order valence-electron chi connectivity index (χ0n) is 8.61. The van der Waals surface area contributed by atoms with Crippen LogP contribution in [0.3, 0.4) is 0 Å². The molecule has 0 fully saturated rings. The van der Waals surface area contributed by atoms with Crippen LogP contribution in [0.1, 0.15) is 29.9 Å². The van der Waals surface area contributed by atoms with Gasteiger partial charge in [-0.05, 0) is 6.42 Å². The molecule has 0 radical (unpaired) electrons. The number of carbonyl (C=O) groups is 2. The van der Waals surface area contributed by atoms with Crippen molar-refractivity contribution in [3.8, 4) is 0 Å². The number of hydrogen-bond acceptors (Lipinski definition) is 5. The third-order valence-electron chi connectivity index (χ3n) is 1.86. The number of anilines is 1. The second-order valence-corrected chi connectivity index (χ2v) is 4.12. The largest absolute Gasteiger partial charge is 0.320 e. The van der Waals surface area contributed by atoms with Crippen LogP contribution in [0.5, 0.6) is 0 Å². The van der Waals surface area contributed by atoms with Crippen molar-refractivity contribution < 1.29 is 9.59 Å². The minimum absolute atomic E-state index is 0.0622. The van der Waals surface area contributed by atoms with E-state index in [4.69, 9.17) is 5.73 Å². The Morgan fingerprint density at radius 2 is 2.33 bits per heavy atom. The van der Waals surface area contributed by atoms with Gasteiger partial charge >= 0.3 is 0 Å². The van der Waals surface area contributed by atoms with Gasteiger partial charge in [0.1, 0.15) is 0 Å². The minimum atomic E-state index is -0.533. The van der Waals surface area contributed by atoms with E-state index in [2.05, 4.69) is 10.3 Å². The van der Waals surface area contributed by atoms with Crippen molar-refractivity contribution in [1.29, 1.82) is 0 Å². The first-order valence-corrected chi connectivity index (χ1v) is 5.39. The van der Waals surface area contributed by atoms with Gasteiger partial charge in [0.25, 0.3) is 0 Å². The Balaban J connectivity index is 2.65. The van der Waals surface area contributed by atoms with Crippen LogP contribution in [0.4, 0.5) is 5.13 Å². The Kier molecular flexibility index (Phi) is 3.93. The smallest absolute Gasteiger partial charge is 0.243 e.